The van der Waals surface area contributed by atoms with Gasteiger partial charge in [-0.3, -0.25) is 19.4 Å². The van der Waals surface area contributed by atoms with E-state index in [1.54, 1.807) is 36.4 Å². The number of hydrogen-bond donors (Lipinski definition) is 2. The molecule has 2 aromatic carbocycles. The summed E-state index contributed by atoms with van der Waals surface area (Å²) in [4.78, 5) is 39.5. The van der Waals surface area contributed by atoms with E-state index in [0.717, 1.165) is 29.1 Å². The fraction of sp³-hybridized carbons (Fsp3) is 0.348. The minimum atomic E-state index is -0.410. The summed E-state index contributed by atoms with van der Waals surface area (Å²) in [5.41, 5.74) is 2.16. The van der Waals surface area contributed by atoms with Gasteiger partial charge in [-0.25, -0.2) is 9.18 Å². The first-order valence-corrected chi connectivity index (χ1v) is 10.5. The number of benzene rings is 2. The van der Waals surface area contributed by atoms with E-state index >= 15 is 0 Å². The minimum absolute atomic E-state index is 0.0116. The average molecular weight is 440 g/mol. The lowest BCUT2D eigenvalue weighted by atomic mass is 10.0. The summed E-state index contributed by atoms with van der Waals surface area (Å²) in [6, 6.07) is 12.6. The highest BCUT2D eigenvalue weighted by Crippen LogP contribution is 2.22. The second-order valence-electron chi connectivity index (χ2n) is 7.76. The molecule has 2 aromatic rings. The maximum absolute atomic E-state index is 13.4. The standard InChI is InChI=1S/C23H25FN4O4/c24-19-7-5-17(6-8-19)20(27-9-11-32-12-10-27)13-25-22(30)18-3-1-16(2-4-18)15-28-21(29)14-26-23(28)31/h1-8,20H,9-15H2,(H,25,30)(H,26,31)/t20-/m1/s1. The van der Waals surface area contributed by atoms with Crippen LogP contribution in [0.25, 0.3) is 0 Å². The second kappa shape index (κ2) is 9.88. The molecule has 1 atom stereocenters. The van der Waals surface area contributed by atoms with Crippen LogP contribution < -0.4 is 10.6 Å². The summed E-state index contributed by atoms with van der Waals surface area (Å²) in [6.07, 6.45) is 0. The van der Waals surface area contributed by atoms with Crippen molar-refractivity contribution in [2.75, 3.05) is 39.4 Å². The summed E-state index contributed by atoms with van der Waals surface area (Å²) < 4.78 is 18.8. The Morgan fingerprint density at radius 2 is 1.75 bits per heavy atom. The van der Waals surface area contributed by atoms with Crippen molar-refractivity contribution >= 4 is 17.8 Å². The third-order valence-electron chi connectivity index (χ3n) is 5.69. The summed E-state index contributed by atoms with van der Waals surface area (Å²) in [7, 11) is 0. The predicted molar refractivity (Wildman–Crippen MR) is 114 cm³/mol. The van der Waals surface area contributed by atoms with Crippen LogP contribution in [-0.2, 0) is 16.1 Å². The molecule has 0 radical (unpaired) electrons. The third-order valence-corrected chi connectivity index (χ3v) is 5.69. The van der Waals surface area contributed by atoms with Crippen molar-refractivity contribution in [3.05, 3.63) is 71.0 Å². The Balaban J connectivity index is 1.39. The summed E-state index contributed by atoms with van der Waals surface area (Å²) in [5.74, 6) is -0.801. The van der Waals surface area contributed by atoms with Gasteiger partial charge < -0.3 is 15.4 Å². The van der Waals surface area contributed by atoms with Crippen molar-refractivity contribution in [2.24, 2.45) is 0 Å². The van der Waals surface area contributed by atoms with Crippen LogP contribution in [0.5, 0.6) is 0 Å². The number of carbonyl (C=O) groups excluding carboxylic acids is 3. The zero-order valence-electron chi connectivity index (χ0n) is 17.6. The molecular formula is C23H25FN4O4. The van der Waals surface area contributed by atoms with Crippen LogP contribution in [0.1, 0.15) is 27.5 Å². The number of nitrogens with one attached hydrogen (secondary N) is 2. The zero-order valence-corrected chi connectivity index (χ0v) is 17.6. The van der Waals surface area contributed by atoms with E-state index in [9.17, 15) is 18.8 Å². The number of nitrogens with zero attached hydrogens (tertiary/aromatic N) is 2. The van der Waals surface area contributed by atoms with Gasteiger partial charge in [-0.1, -0.05) is 24.3 Å². The van der Waals surface area contributed by atoms with Crippen LogP contribution in [0, 0.1) is 5.82 Å². The first-order valence-electron chi connectivity index (χ1n) is 10.5. The molecule has 4 amide bonds. The van der Waals surface area contributed by atoms with Gasteiger partial charge in [-0.05, 0) is 35.4 Å². The Kier molecular flexibility index (Phi) is 6.77. The van der Waals surface area contributed by atoms with Crippen molar-refractivity contribution in [1.82, 2.24) is 20.4 Å². The lowest BCUT2D eigenvalue weighted by Gasteiger charge is -2.35. The highest BCUT2D eigenvalue weighted by molar-refractivity contribution is 6.01. The van der Waals surface area contributed by atoms with Crippen molar-refractivity contribution in [3.8, 4) is 0 Å². The fourth-order valence-corrected chi connectivity index (χ4v) is 3.88. The number of amides is 4. The van der Waals surface area contributed by atoms with E-state index in [-0.39, 0.29) is 36.8 Å². The average Bonchev–Trinajstić information content (AvgIpc) is 3.13. The molecule has 9 heteroatoms. The van der Waals surface area contributed by atoms with E-state index in [1.807, 2.05) is 0 Å². The van der Waals surface area contributed by atoms with Gasteiger partial charge in [0.25, 0.3) is 5.91 Å². The fourth-order valence-electron chi connectivity index (χ4n) is 3.88. The Bertz CT molecular complexity index is 958. The number of carbonyl (C=O) groups is 3. The molecule has 2 N–H and O–H groups in total. The van der Waals surface area contributed by atoms with E-state index in [0.29, 0.717) is 25.3 Å². The highest BCUT2D eigenvalue weighted by atomic mass is 19.1. The third kappa shape index (κ3) is 5.12. The Labute approximate surface area is 185 Å². The normalized spacial score (nSPS) is 17.8. The molecule has 2 heterocycles. The number of rotatable bonds is 7. The lowest BCUT2D eigenvalue weighted by Crippen LogP contribution is -2.43. The number of ether oxygens (including phenoxy) is 1. The summed E-state index contributed by atoms with van der Waals surface area (Å²) >= 11 is 0. The van der Waals surface area contributed by atoms with Crippen molar-refractivity contribution in [2.45, 2.75) is 12.6 Å². The maximum Gasteiger partial charge on any atom is 0.324 e. The summed E-state index contributed by atoms with van der Waals surface area (Å²) in [5, 5.41) is 5.45. The van der Waals surface area contributed by atoms with Gasteiger partial charge in [0.1, 0.15) is 5.82 Å². The van der Waals surface area contributed by atoms with Gasteiger partial charge in [-0.15, -0.1) is 0 Å². The largest absolute Gasteiger partial charge is 0.379 e. The molecule has 0 bridgehead atoms. The first-order chi connectivity index (χ1) is 15.5. The highest BCUT2D eigenvalue weighted by Gasteiger charge is 2.28. The van der Waals surface area contributed by atoms with Crippen LogP contribution >= 0.6 is 0 Å². The topological polar surface area (TPSA) is 91.0 Å². The Morgan fingerprint density at radius 1 is 1.06 bits per heavy atom. The number of imide groups is 1. The van der Waals surface area contributed by atoms with Crippen LogP contribution in [-0.4, -0.2) is 67.0 Å². The number of hydrogen-bond acceptors (Lipinski definition) is 5. The molecule has 0 aliphatic carbocycles. The molecule has 8 nitrogen and oxygen atoms in total. The van der Waals surface area contributed by atoms with Gasteiger partial charge in [-0.2, -0.15) is 0 Å². The quantitative estimate of drug-likeness (QED) is 0.640. The molecule has 2 saturated heterocycles. The van der Waals surface area contributed by atoms with E-state index in [4.69, 9.17) is 4.74 Å². The van der Waals surface area contributed by atoms with Gasteiger partial charge in [0.2, 0.25) is 5.91 Å². The van der Waals surface area contributed by atoms with Crippen molar-refractivity contribution in [1.29, 1.82) is 0 Å². The molecule has 0 aromatic heterocycles. The van der Waals surface area contributed by atoms with Gasteiger partial charge in [0, 0.05) is 25.2 Å². The summed E-state index contributed by atoms with van der Waals surface area (Å²) in [6.45, 7) is 3.24. The maximum atomic E-state index is 13.4. The zero-order chi connectivity index (χ0) is 22.5. The van der Waals surface area contributed by atoms with Crippen LogP contribution in [0.4, 0.5) is 9.18 Å². The van der Waals surface area contributed by atoms with Gasteiger partial charge >= 0.3 is 6.03 Å². The lowest BCUT2D eigenvalue weighted by molar-refractivity contribution is -0.125. The smallest absolute Gasteiger partial charge is 0.324 e. The molecule has 2 aliphatic rings. The van der Waals surface area contributed by atoms with Crippen molar-refractivity contribution in [3.63, 3.8) is 0 Å². The predicted octanol–water partition coefficient (Wildman–Crippen LogP) is 1.68. The van der Waals surface area contributed by atoms with Gasteiger partial charge in [0.15, 0.2) is 0 Å². The second-order valence-corrected chi connectivity index (χ2v) is 7.76. The van der Waals surface area contributed by atoms with E-state index in [2.05, 4.69) is 15.5 Å². The number of urea groups is 1. The number of halogens is 1. The van der Waals surface area contributed by atoms with Crippen LogP contribution in [0.15, 0.2) is 48.5 Å². The monoisotopic (exact) mass is 440 g/mol. The molecule has 32 heavy (non-hydrogen) atoms. The van der Waals surface area contributed by atoms with E-state index < -0.39 is 6.03 Å². The van der Waals surface area contributed by atoms with E-state index in [1.165, 1.54) is 12.1 Å². The molecule has 168 valence electrons. The first kappa shape index (κ1) is 21.9. The molecular weight excluding hydrogens is 415 g/mol. The molecule has 2 fully saturated rings. The molecule has 0 saturated carbocycles. The SMILES string of the molecule is O=C(NC[C@H](c1ccc(F)cc1)N1CCOCC1)c1ccc(CN2C(=O)CNC2=O)cc1. The minimum Gasteiger partial charge on any atom is -0.379 e. The Morgan fingerprint density at radius 3 is 2.38 bits per heavy atom. The molecule has 0 unspecified atom stereocenters. The number of morpholine rings is 1. The molecule has 0 spiro atoms. The Hall–Kier alpha value is -3.30. The molecule has 4 rings (SSSR count). The van der Waals surface area contributed by atoms with Crippen LogP contribution in [0.3, 0.4) is 0 Å². The van der Waals surface area contributed by atoms with Crippen molar-refractivity contribution < 1.29 is 23.5 Å². The van der Waals surface area contributed by atoms with Crippen LogP contribution in [0.2, 0.25) is 0 Å². The van der Waals surface area contributed by atoms with Gasteiger partial charge in [0.05, 0.1) is 32.3 Å². The molecule has 2 aliphatic heterocycles.